The lowest BCUT2D eigenvalue weighted by Crippen LogP contribution is -2.54. The number of aryl methyl sites for hydroxylation is 1. The van der Waals surface area contributed by atoms with Gasteiger partial charge in [0.25, 0.3) is 0 Å². The van der Waals surface area contributed by atoms with Gasteiger partial charge in [-0.3, -0.25) is 9.59 Å². The van der Waals surface area contributed by atoms with E-state index in [9.17, 15) is 18.0 Å². The highest BCUT2D eigenvalue weighted by atomic mass is 32.2. The maximum absolute atomic E-state index is 14.0. The van der Waals surface area contributed by atoms with Gasteiger partial charge < -0.3 is 10.2 Å². The predicted molar refractivity (Wildman–Crippen MR) is 167 cm³/mol. The van der Waals surface area contributed by atoms with E-state index in [0.717, 1.165) is 38.2 Å². The summed E-state index contributed by atoms with van der Waals surface area (Å²) in [4.78, 5) is 29.4. The fourth-order valence-corrected chi connectivity index (χ4v) is 5.92. The van der Waals surface area contributed by atoms with Gasteiger partial charge in [-0.15, -0.1) is 0 Å². The lowest BCUT2D eigenvalue weighted by molar-refractivity contribution is -0.141. The average molecular weight is 586 g/mol. The second-order valence-corrected chi connectivity index (χ2v) is 12.8. The molecule has 4 rings (SSSR count). The summed E-state index contributed by atoms with van der Waals surface area (Å²) in [7, 11) is -2.58. The average Bonchev–Trinajstić information content (AvgIpc) is 2.99. The van der Waals surface area contributed by atoms with E-state index in [-0.39, 0.29) is 23.4 Å². The third-order valence-corrected chi connectivity index (χ3v) is 9.33. The summed E-state index contributed by atoms with van der Waals surface area (Å²) < 4.78 is 28.2. The smallest absolute Gasteiger partial charge is 0.243 e. The summed E-state index contributed by atoms with van der Waals surface area (Å²) >= 11 is 0. The summed E-state index contributed by atoms with van der Waals surface area (Å²) in [6.45, 7) is 5.64. The molecule has 0 saturated heterocycles. The van der Waals surface area contributed by atoms with Gasteiger partial charge in [0.05, 0.1) is 11.4 Å². The fraction of sp³-hybridized carbons (Fsp3) is 0.294. The van der Waals surface area contributed by atoms with Gasteiger partial charge in [-0.1, -0.05) is 97.4 Å². The molecule has 42 heavy (non-hydrogen) atoms. The molecule has 4 aromatic carbocycles. The molecule has 4 aromatic rings. The van der Waals surface area contributed by atoms with Gasteiger partial charge in [0, 0.05) is 26.1 Å². The Labute approximate surface area is 249 Å². The van der Waals surface area contributed by atoms with Gasteiger partial charge in [0.1, 0.15) is 6.04 Å². The molecule has 2 amide bonds. The molecule has 7 nitrogen and oxygen atoms in total. The molecule has 0 aliphatic carbocycles. The third kappa shape index (κ3) is 7.63. The molecule has 0 spiro atoms. The Morgan fingerprint density at radius 3 is 2.14 bits per heavy atom. The number of benzene rings is 4. The molecular formula is C34H39N3O4S. The Balaban J connectivity index is 1.67. The zero-order valence-corrected chi connectivity index (χ0v) is 25.5. The van der Waals surface area contributed by atoms with Crippen LogP contribution < -0.4 is 5.32 Å². The van der Waals surface area contributed by atoms with Crippen LogP contribution in [0.1, 0.15) is 37.0 Å². The largest absolute Gasteiger partial charge is 0.352 e. The minimum absolute atomic E-state index is 0.0805. The topological polar surface area (TPSA) is 86.8 Å². The summed E-state index contributed by atoms with van der Waals surface area (Å²) in [5, 5.41) is 4.76. The number of hydrogen-bond donors (Lipinski definition) is 1. The first-order valence-corrected chi connectivity index (χ1v) is 15.7. The fourth-order valence-electron chi connectivity index (χ4n) is 4.76. The molecule has 0 fully saturated rings. The van der Waals surface area contributed by atoms with Crippen molar-refractivity contribution in [1.82, 2.24) is 14.5 Å². The molecule has 1 N–H and O–H groups in total. The number of fused-ring (bicyclic) bond motifs is 1. The van der Waals surface area contributed by atoms with E-state index in [4.69, 9.17) is 0 Å². The van der Waals surface area contributed by atoms with Crippen molar-refractivity contribution in [3.8, 4) is 0 Å². The van der Waals surface area contributed by atoms with Gasteiger partial charge in [-0.2, -0.15) is 4.31 Å². The van der Waals surface area contributed by atoms with E-state index in [1.807, 2.05) is 99.6 Å². The number of likely N-dealkylation sites (N-methyl/N-ethyl adjacent to an activating group) is 1. The highest BCUT2D eigenvalue weighted by Crippen LogP contribution is 2.22. The van der Waals surface area contributed by atoms with E-state index in [1.54, 1.807) is 18.2 Å². The molecule has 0 aromatic heterocycles. The van der Waals surface area contributed by atoms with Crippen LogP contribution >= 0.6 is 0 Å². The standard InChI is InChI=1S/C34H39N3O4S/c1-5-26(3)35-34(39)32(21-27-11-7-6-8-12-27)37(23-28-17-15-25(2)16-18-28)33(38)24-36(4)42(40,41)31-20-19-29-13-9-10-14-30(29)22-31/h6-20,22,26,32H,5,21,23-24H2,1-4H3,(H,35,39)/t26-,32+/m0/s1. The molecule has 220 valence electrons. The molecule has 0 radical (unpaired) electrons. The van der Waals surface area contributed by atoms with Crippen LogP contribution in [-0.2, 0) is 32.6 Å². The van der Waals surface area contributed by atoms with Crippen molar-refractivity contribution in [1.29, 1.82) is 0 Å². The molecule has 0 bridgehead atoms. The minimum Gasteiger partial charge on any atom is -0.352 e. The normalized spacial score (nSPS) is 13.1. The van der Waals surface area contributed by atoms with Crippen molar-refractivity contribution in [3.63, 3.8) is 0 Å². The number of nitrogens with zero attached hydrogens (tertiary/aromatic N) is 2. The highest BCUT2D eigenvalue weighted by Gasteiger charge is 2.33. The minimum atomic E-state index is -3.98. The number of amides is 2. The first-order valence-electron chi connectivity index (χ1n) is 14.2. The quantitative estimate of drug-likeness (QED) is 0.244. The summed E-state index contributed by atoms with van der Waals surface area (Å²) in [6.07, 6.45) is 1.03. The Kier molecular flexibility index (Phi) is 10.1. The lowest BCUT2D eigenvalue weighted by atomic mass is 10.0. The monoisotopic (exact) mass is 585 g/mol. The van der Waals surface area contributed by atoms with E-state index >= 15 is 0 Å². The van der Waals surface area contributed by atoms with Gasteiger partial charge in [-0.05, 0) is 54.3 Å². The molecule has 0 aliphatic rings. The van der Waals surface area contributed by atoms with Crippen LogP contribution in [0.2, 0.25) is 0 Å². The van der Waals surface area contributed by atoms with Gasteiger partial charge >= 0.3 is 0 Å². The second-order valence-electron chi connectivity index (χ2n) is 10.8. The number of hydrogen-bond acceptors (Lipinski definition) is 4. The zero-order chi connectivity index (χ0) is 30.3. The van der Waals surface area contributed by atoms with Crippen LogP contribution in [0.15, 0.2) is 102 Å². The van der Waals surface area contributed by atoms with Crippen LogP contribution in [0.3, 0.4) is 0 Å². The molecule has 0 heterocycles. The summed E-state index contributed by atoms with van der Waals surface area (Å²) in [5.74, 6) is -0.726. The van der Waals surface area contributed by atoms with Crippen molar-refractivity contribution in [2.24, 2.45) is 0 Å². The van der Waals surface area contributed by atoms with Gasteiger partial charge in [0.15, 0.2) is 0 Å². The van der Waals surface area contributed by atoms with E-state index in [1.165, 1.54) is 11.9 Å². The van der Waals surface area contributed by atoms with Crippen molar-refractivity contribution in [3.05, 3.63) is 114 Å². The number of carbonyl (C=O) groups excluding carboxylic acids is 2. The van der Waals surface area contributed by atoms with Crippen LogP contribution in [0, 0.1) is 6.92 Å². The second kappa shape index (κ2) is 13.8. The number of nitrogens with one attached hydrogen (secondary N) is 1. The van der Waals surface area contributed by atoms with Crippen LogP contribution in [0.5, 0.6) is 0 Å². The van der Waals surface area contributed by atoms with Gasteiger partial charge in [-0.25, -0.2) is 8.42 Å². The first kappa shape index (κ1) is 30.9. The maximum atomic E-state index is 14.0. The van der Waals surface area contributed by atoms with Crippen LogP contribution in [0.4, 0.5) is 0 Å². The van der Waals surface area contributed by atoms with Crippen LogP contribution in [0.25, 0.3) is 10.8 Å². The number of sulfonamides is 1. The number of carbonyl (C=O) groups is 2. The molecule has 0 unspecified atom stereocenters. The van der Waals surface area contributed by atoms with Crippen molar-refractivity contribution in [2.45, 2.75) is 57.1 Å². The summed E-state index contributed by atoms with van der Waals surface area (Å²) in [6, 6.07) is 28.9. The molecule has 8 heteroatoms. The Morgan fingerprint density at radius 1 is 0.833 bits per heavy atom. The van der Waals surface area contributed by atoms with E-state index < -0.39 is 28.5 Å². The first-order chi connectivity index (χ1) is 20.1. The molecule has 0 saturated carbocycles. The van der Waals surface area contributed by atoms with Crippen molar-refractivity contribution < 1.29 is 18.0 Å². The third-order valence-electron chi connectivity index (χ3n) is 7.53. The Hall–Kier alpha value is -4.01. The number of rotatable bonds is 12. The van der Waals surface area contributed by atoms with Gasteiger partial charge in [0.2, 0.25) is 21.8 Å². The lowest BCUT2D eigenvalue weighted by Gasteiger charge is -2.33. The van der Waals surface area contributed by atoms with Crippen molar-refractivity contribution in [2.75, 3.05) is 13.6 Å². The summed E-state index contributed by atoms with van der Waals surface area (Å²) in [5.41, 5.74) is 2.83. The molecular weight excluding hydrogens is 546 g/mol. The Morgan fingerprint density at radius 2 is 1.48 bits per heavy atom. The SMILES string of the molecule is CC[C@H](C)NC(=O)[C@@H](Cc1ccccc1)N(Cc1ccc(C)cc1)C(=O)CN(C)S(=O)(=O)c1ccc2ccccc2c1. The Bertz CT molecular complexity index is 1620. The maximum Gasteiger partial charge on any atom is 0.243 e. The van der Waals surface area contributed by atoms with E-state index in [2.05, 4.69) is 5.32 Å². The molecule has 2 atom stereocenters. The molecule has 0 aliphatic heterocycles. The van der Waals surface area contributed by atoms with Crippen LogP contribution in [-0.4, -0.2) is 55.1 Å². The highest BCUT2D eigenvalue weighted by molar-refractivity contribution is 7.89. The van der Waals surface area contributed by atoms with Crippen molar-refractivity contribution >= 4 is 32.6 Å². The predicted octanol–water partition coefficient (Wildman–Crippen LogP) is 5.32. The van der Waals surface area contributed by atoms with E-state index in [0.29, 0.717) is 6.42 Å². The zero-order valence-electron chi connectivity index (χ0n) is 24.7.